The van der Waals surface area contributed by atoms with Gasteiger partial charge in [0.15, 0.2) is 0 Å². The van der Waals surface area contributed by atoms with Crippen molar-refractivity contribution in [2.45, 2.75) is 19.3 Å². The van der Waals surface area contributed by atoms with Crippen LogP contribution >= 0.6 is 0 Å². The molecule has 0 aliphatic carbocycles. The van der Waals surface area contributed by atoms with Gasteiger partial charge in [0.25, 0.3) is 0 Å². The second-order valence-electron chi connectivity index (χ2n) is 13.2. The molecule has 0 spiro atoms. The molecule has 0 fully saturated rings. The highest BCUT2D eigenvalue weighted by Gasteiger charge is 2.38. The summed E-state index contributed by atoms with van der Waals surface area (Å²) in [6.45, 7) is 12.6. The highest BCUT2D eigenvalue weighted by atomic mass is 15.3. The summed E-state index contributed by atoms with van der Waals surface area (Å²) in [7, 11) is 0. The molecule has 0 unspecified atom stereocenters. The Bertz CT molecular complexity index is 2610. The Hall–Kier alpha value is -6.06. The van der Waals surface area contributed by atoms with E-state index in [1.165, 1.54) is 70.9 Å². The van der Waals surface area contributed by atoms with Crippen molar-refractivity contribution in [2.75, 3.05) is 4.90 Å². The minimum atomic E-state index is -0.355. The Labute approximate surface area is 280 Å². The van der Waals surface area contributed by atoms with E-state index in [0.29, 0.717) is 0 Å². The van der Waals surface area contributed by atoms with E-state index in [-0.39, 0.29) is 5.41 Å². The second-order valence-corrected chi connectivity index (χ2v) is 13.2. The van der Waals surface area contributed by atoms with Gasteiger partial charge in [-0.05, 0) is 102 Å². The number of allylic oxidation sites excluding steroid dienone is 2. The molecule has 1 aliphatic rings. The fraction of sp³-hybridized carbons (Fsp3) is 0.0667. The highest BCUT2D eigenvalue weighted by Crippen LogP contribution is 2.50. The summed E-state index contributed by atoms with van der Waals surface area (Å²) in [6.07, 6.45) is 3.72. The van der Waals surface area contributed by atoms with Gasteiger partial charge in [-0.25, -0.2) is 9.98 Å². The van der Waals surface area contributed by atoms with Crippen LogP contribution in [0.25, 0.3) is 65.3 Å². The predicted molar refractivity (Wildman–Crippen MR) is 205 cm³/mol. The zero-order valence-electron chi connectivity index (χ0n) is 27.0. The molecular formula is C45H33N3. The van der Waals surface area contributed by atoms with Gasteiger partial charge in [0.05, 0.1) is 5.69 Å². The quantitative estimate of drug-likeness (QED) is 0.142. The number of nitrogens with zero attached hydrogens (tertiary/aromatic N) is 3. The van der Waals surface area contributed by atoms with Gasteiger partial charge < -0.3 is 0 Å². The van der Waals surface area contributed by atoms with Gasteiger partial charge in [-0.3, -0.25) is 4.90 Å². The van der Waals surface area contributed by atoms with Crippen molar-refractivity contribution < 1.29 is 0 Å². The zero-order valence-corrected chi connectivity index (χ0v) is 27.0. The first-order valence-electron chi connectivity index (χ1n) is 16.4. The number of hydrogen-bond donors (Lipinski definition) is 0. The Morgan fingerprint density at radius 3 is 2.02 bits per heavy atom. The number of benzene rings is 7. The normalized spacial score (nSPS) is 14.2. The molecule has 8 aromatic rings. The van der Waals surface area contributed by atoms with Crippen molar-refractivity contribution in [3.63, 3.8) is 0 Å². The van der Waals surface area contributed by atoms with Crippen molar-refractivity contribution in [3.05, 3.63) is 163 Å². The van der Waals surface area contributed by atoms with E-state index in [1.807, 2.05) is 30.5 Å². The lowest BCUT2D eigenvalue weighted by atomic mass is 9.73. The number of anilines is 2. The summed E-state index contributed by atoms with van der Waals surface area (Å²) in [4.78, 5) is 11.3. The van der Waals surface area contributed by atoms with E-state index in [1.54, 1.807) is 0 Å². The third-order valence-corrected chi connectivity index (χ3v) is 10.3. The largest absolute Gasteiger partial charge is 0.278 e. The average molecular weight is 616 g/mol. The maximum Gasteiger partial charge on any atom is 0.142 e. The molecule has 1 aliphatic heterocycles. The van der Waals surface area contributed by atoms with Crippen LogP contribution in [0.15, 0.2) is 163 Å². The lowest BCUT2D eigenvalue weighted by molar-refractivity contribution is 0.616. The Balaban J connectivity index is 1.25. The van der Waals surface area contributed by atoms with Crippen molar-refractivity contribution in [1.29, 1.82) is 0 Å². The molecular weight excluding hydrogens is 583 g/mol. The second kappa shape index (κ2) is 10.5. The van der Waals surface area contributed by atoms with Crippen LogP contribution in [0.5, 0.6) is 0 Å². The number of rotatable bonds is 5. The van der Waals surface area contributed by atoms with E-state index in [9.17, 15) is 0 Å². The molecule has 1 aromatic heterocycles. The molecule has 0 atom stereocenters. The lowest BCUT2D eigenvalue weighted by Gasteiger charge is -2.41. The summed E-state index contributed by atoms with van der Waals surface area (Å²) in [6, 6.07) is 46.3. The number of pyridine rings is 1. The molecule has 9 rings (SSSR count). The molecule has 3 heteroatoms. The zero-order chi connectivity index (χ0) is 32.6. The first-order chi connectivity index (χ1) is 23.5. The minimum absolute atomic E-state index is 0.355. The van der Waals surface area contributed by atoms with Crippen LogP contribution in [0.1, 0.15) is 19.4 Å². The molecule has 228 valence electrons. The summed E-state index contributed by atoms with van der Waals surface area (Å²) in [5.74, 6) is 1.56. The van der Waals surface area contributed by atoms with Crippen LogP contribution in [0, 0.1) is 0 Å². The van der Waals surface area contributed by atoms with E-state index in [2.05, 4.69) is 146 Å². The van der Waals surface area contributed by atoms with Crippen molar-refractivity contribution >= 4 is 61.3 Å². The van der Waals surface area contributed by atoms with E-state index in [4.69, 9.17) is 4.98 Å². The Morgan fingerprint density at radius 1 is 0.646 bits per heavy atom. The fourth-order valence-electron chi connectivity index (χ4n) is 8.03. The molecule has 7 aromatic carbocycles. The summed E-state index contributed by atoms with van der Waals surface area (Å²) < 4.78 is 0. The van der Waals surface area contributed by atoms with Gasteiger partial charge in [0, 0.05) is 17.2 Å². The van der Waals surface area contributed by atoms with Crippen molar-refractivity contribution in [3.8, 4) is 22.3 Å². The standard InChI is InChI=1S/C45H33N3/c1-5-38-44(46-4)48(41-15-8-9-26-47-41)40-25-20-31(27-39(40)45(38,2)3)32-23-24-35(34-14-7-6-13-33(32)34)36-21-18-30-17-16-28-11-10-12-29-19-22-37(36)43(30)42(28)29/h5-27H,1,4H2,2-3H3. The van der Waals surface area contributed by atoms with Crippen LogP contribution in [0.3, 0.4) is 0 Å². The molecule has 3 nitrogen and oxygen atoms in total. The predicted octanol–water partition coefficient (Wildman–Crippen LogP) is 12.0. The van der Waals surface area contributed by atoms with Crippen molar-refractivity contribution in [2.24, 2.45) is 4.99 Å². The average Bonchev–Trinajstić information content (AvgIpc) is 3.13. The molecule has 0 radical (unpaired) electrons. The maximum atomic E-state index is 4.69. The van der Waals surface area contributed by atoms with Crippen LogP contribution in [-0.2, 0) is 5.41 Å². The topological polar surface area (TPSA) is 28.5 Å². The highest BCUT2D eigenvalue weighted by molar-refractivity contribution is 6.26. The van der Waals surface area contributed by atoms with Gasteiger partial charge in [0.1, 0.15) is 11.6 Å². The van der Waals surface area contributed by atoms with Crippen LogP contribution in [-0.4, -0.2) is 11.7 Å². The molecule has 0 amide bonds. The first kappa shape index (κ1) is 28.2. The van der Waals surface area contributed by atoms with E-state index in [0.717, 1.165) is 22.9 Å². The van der Waals surface area contributed by atoms with Gasteiger partial charge >= 0.3 is 0 Å². The van der Waals surface area contributed by atoms with Gasteiger partial charge in [-0.1, -0.05) is 130 Å². The molecule has 0 N–H and O–H groups in total. The Kier molecular flexibility index (Phi) is 6.15. The minimum Gasteiger partial charge on any atom is -0.278 e. The number of aromatic nitrogens is 1. The summed E-state index contributed by atoms with van der Waals surface area (Å²) in [5, 5.41) is 10.3. The molecule has 2 heterocycles. The third kappa shape index (κ3) is 3.94. The fourth-order valence-corrected chi connectivity index (χ4v) is 8.03. The van der Waals surface area contributed by atoms with Gasteiger partial charge in [-0.15, -0.1) is 0 Å². The van der Waals surface area contributed by atoms with E-state index < -0.39 is 0 Å². The number of aliphatic imine (C=N–C) groups is 1. The SMILES string of the molecule is C=CC1=C(N=C)N(c2ccccn2)c2ccc(-c3ccc(-c4ccc5ccc6cccc7ccc4c5c67)c4ccccc34)cc2C1(C)C. The molecule has 48 heavy (non-hydrogen) atoms. The Morgan fingerprint density at radius 2 is 1.29 bits per heavy atom. The first-order valence-corrected chi connectivity index (χ1v) is 16.4. The monoisotopic (exact) mass is 615 g/mol. The smallest absolute Gasteiger partial charge is 0.142 e. The van der Waals surface area contributed by atoms with E-state index >= 15 is 0 Å². The summed E-state index contributed by atoms with van der Waals surface area (Å²) >= 11 is 0. The molecule has 0 saturated carbocycles. The maximum absolute atomic E-state index is 4.69. The third-order valence-electron chi connectivity index (χ3n) is 10.3. The molecule has 0 bridgehead atoms. The van der Waals surface area contributed by atoms with Crippen LogP contribution in [0.4, 0.5) is 11.5 Å². The van der Waals surface area contributed by atoms with Crippen LogP contribution < -0.4 is 4.90 Å². The van der Waals surface area contributed by atoms with Gasteiger partial charge in [-0.2, -0.15) is 0 Å². The summed E-state index contributed by atoms with van der Waals surface area (Å²) in [5.41, 5.74) is 7.76. The number of fused-ring (bicyclic) bond motifs is 2. The van der Waals surface area contributed by atoms with Gasteiger partial charge in [0.2, 0.25) is 0 Å². The lowest BCUT2D eigenvalue weighted by Crippen LogP contribution is -2.33. The van der Waals surface area contributed by atoms with Crippen LogP contribution in [0.2, 0.25) is 0 Å². The van der Waals surface area contributed by atoms with Crippen molar-refractivity contribution in [1.82, 2.24) is 4.98 Å². The molecule has 0 saturated heterocycles. The number of hydrogen-bond acceptors (Lipinski definition) is 3.